The lowest BCUT2D eigenvalue weighted by Gasteiger charge is -2.41. The minimum Gasteiger partial charge on any atom is -1.00 e. The number of hydrogen-bond donors (Lipinski definition) is 1. The van der Waals surface area contributed by atoms with Crippen LogP contribution in [0.25, 0.3) is 0 Å². The summed E-state index contributed by atoms with van der Waals surface area (Å²) in [6, 6.07) is 0.776. The van der Waals surface area contributed by atoms with Gasteiger partial charge in [0.1, 0.15) is 5.78 Å². The highest BCUT2D eigenvalue weighted by molar-refractivity contribution is 5.79. The molecule has 0 bridgehead atoms. The van der Waals surface area contributed by atoms with Gasteiger partial charge in [-0.2, -0.15) is 0 Å². The lowest BCUT2D eigenvalue weighted by Crippen LogP contribution is -3.00. The SMILES string of the molecule is O=C1CCC2(CCCCC2)CC1.[Cl-].[NH3+]C1CCC2(CCCCC2)CC1. The van der Waals surface area contributed by atoms with E-state index in [1.54, 1.807) is 0 Å². The Hall–Kier alpha value is -0.0800. The van der Waals surface area contributed by atoms with Crippen molar-refractivity contribution in [3.63, 3.8) is 0 Å². The molecule has 2 nitrogen and oxygen atoms in total. The van der Waals surface area contributed by atoms with Gasteiger partial charge in [-0.3, -0.25) is 4.79 Å². The van der Waals surface area contributed by atoms with E-state index in [4.69, 9.17) is 0 Å². The first kappa shape index (κ1) is 21.2. The van der Waals surface area contributed by atoms with Crippen molar-refractivity contribution < 1.29 is 22.9 Å². The summed E-state index contributed by atoms with van der Waals surface area (Å²) in [7, 11) is 0. The average Bonchev–Trinajstić information content (AvgIpc) is 2.63. The second-order valence-electron chi connectivity index (χ2n) is 9.60. The van der Waals surface area contributed by atoms with Crippen molar-refractivity contribution in [3.05, 3.63) is 0 Å². The molecule has 2 spiro atoms. The molecule has 0 aromatic rings. The molecule has 0 atom stereocenters. The van der Waals surface area contributed by atoms with E-state index in [0.717, 1.165) is 24.3 Å². The van der Waals surface area contributed by atoms with Gasteiger partial charge in [-0.25, -0.2) is 0 Å². The number of rotatable bonds is 0. The van der Waals surface area contributed by atoms with Crippen molar-refractivity contribution in [1.29, 1.82) is 0 Å². The first-order valence-electron chi connectivity index (χ1n) is 11.0. The number of ketones is 1. The van der Waals surface area contributed by atoms with Crippen LogP contribution < -0.4 is 18.1 Å². The van der Waals surface area contributed by atoms with Crippen LogP contribution in [0.15, 0.2) is 0 Å². The molecule has 4 rings (SSSR count). The fraction of sp³-hybridized carbons (Fsp3) is 0.955. The Balaban J connectivity index is 0.000000173. The summed E-state index contributed by atoms with van der Waals surface area (Å²) in [6.07, 6.45) is 24.5. The maximum Gasteiger partial charge on any atom is 0.132 e. The van der Waals surface area contributed by atoms with Gasteiger partial charge in [0.05, 0.1) is 6.04 Å². The van der Waals surface area contributed by atoms with Crippen LogP contribution in [0.5, 0.6) is 0 Å². The number of halogens is 1. The fourth-order valence-corrected chi connectivity index (χ4v) is 5.95. The highest BCUT2D eigenvalue weighted by Gasteiger charge is 2.36. The van der Waals surface area contributed by atoms with Crippen LogP contribution in [-0.4, -0.2) is 11.8 Å². The Morgan fingerprint density at radius 2 is 1.04 bits per heavy atom. The van der Waals surface area contributed by atoms with E-state index < -0.39 is 0 Å². The molecule has 0 heterocycles. The number of Topliss-reactive ketones (excluding diaryl/α,β-unsaturated/α-hetero) is 1. The summed E-state index contributed by atoms with van der Waals surface area (Å²) in [4.78, 5) is 11.1. The first-order valence-corrected chi connectivity index (χ1v) is 11.0. The van der Waals surface area contributed by atoms with Crippen LogP contribution in [0, 0.1) is 10.8 Å². The molecular formula is C22H40ClNO. The van der Waals surface area contributed by atoms with E-state index in [1.165, 1.54) is 103 Å². The van der Waals surface area contributed by atoms with Crippen molar-refractivity contribution in [2.45, 2.75) is 122 Å². The molecule has 3 heteroatoms. The molecule has 4 aliphatic rings. The molecule has 0 amide bonds. The van der Waals surface area contributed by atoms with E-state index in [9.17, 15) is 4.79 Å². The van der Waals surface area contributed by atoms with Gasteiger partial charge in [0, 0.05) is 12.8 Å². The smallest absolute Gasteiger partial charge is 0.132 e. The second kappa shape index (κ2) is 9.74. The number of carbonyl (C=O) groups excluding carboxylic acids is 1. The third-order valence-corrected chi connectivity index (χ3v) is 7.86. The number of hydrogen-bond acceptors (Lipinski definition) is 1. The predicted molar refractivity (Wildman–Crippen MR) is 99.7 cm³/mol. The Morgan fingerprint density at radius 3 is 1.48 bits per heavy atom. The molecule has 0 saturated heterocycles. The van der Waals surface area contributed by atoms with Gasteiger partial charge in [0.15, 0.2) is 0 Å². The minimum atomic E-state index is 0. The van der Waals surface area contributed by atoms with Gasteiger partial charge in [0.2, 0.25) is 0 Å². The summed E-state index contributed by atoms with van der Waals surface area (Å²) in [5, 5.41) is 0. The topological polar surface area (TPSA) is 44.7 Å². The van der Waals surface area contributed by atoms with Crippen LogP contribution in [0.1, 0.15) is 116 Å². The first-order chi connectivity index (χ1) is 11.6. The Morgan fingerprint density at radius 1 is 0.640 bits per heavy atom. The van der Waals surface area contributed by atoms with E-state index in [1.807, 2.05) is 0 Å². The summed E-state index contributed by atoms with van der Waals surface area (Å²) < 4.78 is 0. The van der Waals surface area contributed by atoms with E-state index in [-0.39, 0.29) is 12.4 Å². The molecule has 4 aliphatic carbocycles. The Kier molecular flexibility index (Phi) is 8.27. The van der Waals surface area contributed by atoms with E-state index in [2.05, 4.69) is 5.73 Å². The lowest BCUT2D eigenvalue weighted by atomic mass is 9.65. The van der Waals surface area contributed by atoms with Gasteiger partial charge in [-0.15, -0.1) is 0 Å². The number of quaternary nitrogens is 1. The molecular weight excluding hydrogens is 330 g/mol. The van der Waals surface area contributed by atoms with E-state index >= 15 is 0 Å². The summed E-state index contributed by atoms with van der Waals surface area (Å²) in [5.41, 5.74) is 5.59. The fourth-order valence-electron chi connectivity index (χ4n) is 5.95. The zero-order valence-corrected chi connectivity index (χ0v) is 17.1. The van der Waals surface area contributed by atoms with Crippen molar-refractivity contribution in [2.75, 3.05) is 0 Å². The molecule has 0 aliphatic heterocycles. The van der Waals surface area contributed by atoms with Crippen LogP contribution in [0.2, 0.25) is 0 Å². The lowest BCUT2D eigenvalue weighted by molar-refractivity contribution is -0.428. The second-order valence-corrected chi connectivity index (χ2v) is 9.60. The van der Waals surface area contributed by atoms with Gasteiger partial charge < -0.3 is 18.1 Å². The predicted octanol–water partition coefficient (Wildman–Crippen LogP) is 2.21. The third-order valence-electron chi connectivity index (χ3n) is 7.86. The molecule has 0 aromatic carbocycles. The summed E-state index contributed by atoms with van der Waals surface area (Å²) >= 11 is 0. The van der Waals surface area contributed by atoms with Gasteiger partial charge >= 0.3 is 0 Å². The molecule has 146 valence electrons. The normalized spacial score (nSPS) is 28.8. The van der Waals surface area contributed by atoms with Crippen molar-refractivity contribution in [3.8, 4) is 0 Å². The van der Waals surface area contributed by atoms with E-state index in [0.29, 0.717) is 11.2 Å². The zero-order valence-electron chi connectivity index (χ0n) is 16.3. The monoisotopic (exact) mass is 369 g/mol. The molecule has 4 fully saturated rings. The molecule has 0 aromatic heterocycles. The molecule has 25 heavy (non-hydrogen) atoms. The quantitative estimate of drug-likeness (QED) is 0.699. The molecule has 0 radical (unpaired) electrons. The largest absolute Gasteiger partial charge is 1.00 e. The highest BCUT2D eigenvalue weighted by Crippen LogP contribution is 2.47. The highest BCUT2D eigenvalue weighted by atomic mass is 35.5. The van der Waals surface area contributed by atoms with Crippen molar-refractivity contribution in [2.24, 2.45) is 10.8 Å². The maximum atomic E-state index is 11.1. The molecule has 0 unspecified atom stereocenters. The Bertz CT molecular complexity index is 388. The van der Waals surface area contributed by atoms with Crippen LogP contribution in [0.3, 0.4) is 0 Å². The zero-order chi connectivity index (χ0) is 16.9. The average molecular weight is 370 g/mol. The van der Waals surface area contributed by atoms with Gasteiger partial charge in [-0.1, -0.05) is 38.5 Å². The van der Waals surface area contributed by atoms with Crippen LogP contribution in [-0.2, 0) is 4.79 Å². The molecule has 3 N–H and O–H groups in total. The number of carbonyl (C=O) groups is 1. The molecule has 4 saturated carbocycles. The van der Waals surface area contributed by atoms with Crippen LogP contribution >= 0.6 is 0 Å². The minimum absolute atomic E-state index is 0. The maximum absolute atomic E-state index is 11.1. The van der Waals surface area contributed by atoms with Crippen molar-refractivity contribution in [1.82, 2.24) is 0 Å². The standard InChI is InChI=1S/C11H21N.C11H18O.ClH/c2*12-10-4-8-11(9-5-10)6-2-1-3-7-11;/h10H,1-9,12H2;1-9H2;1H. The third kappa shape index (κ3) is 5.96. The summed E-state index contributed by atoms with van der Waals surface area (Å²) in [6.45, 7) is 0. The van der Waals surface area contributed by atoms with Crippen LogP contribution in [0.4, 0.5) is 0 Å². The Labute approximate surface area is 161 Å². The summed E-state index contributed by atoms with van der Waals surface area (Å²) in [5.74, 6) is 0.506. The van der Waals surface area contributed by atoms with Crippen molar-refractivity contribution >= 4 is 5.78 Å². The van der Waals surface area contributed by atoms with Gasteiger partial charge in [0.25, 0.3) is 0 Å². The van der Waals surface area contributed by atoms with Gasteiger partial charge in [-0.05, 0) is 75.0 Å².